The van der Waals surface area contributed by atoms with Crippen molar-refractivity contribution in [3.05, 3.63) is 0 Å². The van der Waals surface area contributed by atoms with Crippen LogP contribution in [0.5, 0.6) is 0 Å². The Morgan fingerprint density at radius 1 is 1.00 bits per heavy atom. The van der Waals surface area contributed by atoms with E-state index in [1.807, 2.05) is 0 Å². The van der Waals surface area contributed by atoms with Crippen LogP contribution in [-0.2, 0) is 4.79 Å². The van der Waals surface area contributed by atoms with Crippen LogP contribution >= 0.6 is 0 Å². The molecule has 78 valence electrons. The molecule has 0 aliphatic carbocycles. The minimum atomic E-state index is -0.663. The van der Waals surface area contributed by atoms with Gasteiger partial charge in [-0.25, -0.2) is 0 Å². The van der Waals surface area contributed by atoms with Crippen LogP contribution < -0.4 is 0 Å². The molecule has 0 bridgehead atoms. The quantitative estimate of drug-likeness (QED) is 0.524. The molecular weight excluding hydrogens is 222 g/mol. The second kappa shape index (κ2) is 12.1. The summed E-state index contributed by atoms with van der Waals surface area (Å²) in [6.07, 6.45) is 8.64. The van der Waals surface area contributed by atoms with Crippen molar-refractivity contribution in [2.24, 2.45) is 0 Å². The summed E-state index contributed by atoms with van der Waals surface area (Å²) in [4.78, 5) is 10.1. The molecule has 0 heterocycles. The van der Waals surface area contributed by atoms with E-state index < -0.39 is 5.97 Å². The summed E-state index contributed by atoms with van der Waals surface area (Å²) in [5.74, 6) is -0.663. The van der Waals surface area contributed by atoms with Gasteiger partial charge in [-0.15, -0.1) is 0 Å². The van der Waals surface area contributed by atoms with Crippen molar-refractivity contribution in [1.82, 2.24) is 0 Å². The van der Waals surface area contributed by atoms with Gasteiger partial charge in [0.05, 0.1) is 0 Å². The Morgan fingerprint density at radius 2 is 1.46 bits per heavy atom. The van der Waals surface area contributed by atoms with Crippen molar-refractivity contribution in [2.45, 2.75) is 58.3 Å². The van der Waals surface area contributed by atoms with Gasteiger partial charge in [0.25, 0.3) is 0 Å². The van der Waals surface area contributed by atoms with Crippen molar-refractivity contribution in [3.63, 3.8) is 0 Å². The second-order valence-corrected chi connectivity index (χ2v) is 3.27. The Hall–Kier alpha value is 0.106. The number of hydrogen-bond acceptors (Lipinski definition) is 1. The van der Waals surface area contributed by atoms with Gasteiger partial charge in [-0.2, -0.15) is 0 Å². The number of aliphatic carboxylic acids is 1. The van der Waals surface area contributed by atoms with Gasteiger partial charge in [0.15, 0.2) is 0 Å². The zero-order valence-electron chi connectivity index (χ0n) is 8.01. The Kier molecular flexibility index (Phi) is 14.5. The topological polar surface area (TPSA) is 37.3 Å². The first-order valence-corrected chi connectivity index (χ1v) is 4.99. The molecular formula is C10H23GaO2. The monoisotopic (exact) mass is 244 g/mol. The molecule has 0 rings (SSSR count). The minimum absolute atomic E-state index is 0. The van der Waals surface area contributed by atoms with E-state index in [2.05, 4.69) is 6.92 Å². The van der Waals surface area contributed by atoms with Crippen LogP contribution in [-0.4, -0.2) is 30.9 Å². The summed E-state index contributed by atoms with van der Waals surface area (Å²) in [6, 6.07) is 0. The molecule has 0 aromatic heterocycles. The van der Waals surface area contributed by atoms with E-state index in [9.17, 15) is 4.79 Å². The number of unbranched alkanes of at least 4 members (excludes halogenated alkanes) is 6. The van der Waals surface area contributed by atoms with Gasteiger partial charge in [-0.1, -0.05) is 45.4 Å². The summed E-state index contributed by atoms with van der Waals surface area (Å²) >= 11 is 0. The molecule has 0 atom stereocenters. The van der Waals surface area contributed by atoms with Crippen LogP contribution in [0, 0.1) is 0 Å². The fourth-order valence-corrected chi connectivity index (χ4v) is 1.23. The summed E-state index contributed by atoms with van der Waals surface area (Å²) in [5, 5.41) is 8.35. The standard InChI is InChI=1S/C10H20O2.Ga.3H/c1-2-3-4-5-6-7-8-9-10(11)12;;;;/h2-9H2,1H3,(H,11,12);;;;. The molecule has 0 aliphatic rings. The molecule has 0 saturated heterocycles. The molecule has 2 nitrogen and oxygen atoms in total. The van der Waals surface area contributed by atoms with Gasteiger partial charge >= 0.3 is 25.8 Å². The normalized spacial score (nSPS) is 9.31. The number of carbonyl (C=O) groups is 1. The van der Waals surface area contributed by atoms with Crippen molar-refractivity contribution in [1.29, 1.82) is 0 Å². The van der Waals surface area contributed by atoms with Gasteiger partial charge in [0.2, 0.25) is 0 Å². The third-order valence-electron chi connectivity index (χ3n) is 1.99. The van der Waals surface area contributed by atoms with Crippen molar-refractivity contribution in [2.75, 3.05) is 0 Å². The van der Waals surface area contributed by atoms with Crippen LogP contribution in [0.1, 0.15) is 58.3 Å². The predicted octanol–water partition coefficient (Wildman–Crippen LogP) is 2.03. The average Bonchev–Trinajstić information content (AvgIpc) is 2.02. The Labute approximate surface area is 94.2 Å². The van der Waals surface area contributed by atoms with Gasteiger partial charge in [0.1, 0.15) is 0 Å². The zero-order valence-corrected chi connectivity index (χ0v) is 8.01. The molecule has 0 saturated carbocycles. The van der Waals surface area contributed by atoms with Crippen molar-refractivity contribution >= 4 is 25.8 Å². The Balaban J connectivity index is 0. The van der Waals surface area contributed by atoms with E-state index in [4.69, 9.17) is 5.11 Å². The second-order valence-electron chi connectivity index (χ2n) is 3.27. The summed E-state index contributed by atoms with van der Waals surface area (Å²) in [6.45, 7) is 2.20. The van der Waals surface area contributed by atoms with Gasteiger partial charge in [-0.3, -0.25) is 4.79 Å². The van der Waals surface area contributed by atoms with Crippen LogP contribution in [0.2, 0.25) is 0 Å². The van der Waals surface area contributed by atoms with Crippen molar-refractivity contribution in [3.8, 4) is 0 Å². The van der Waals surface area contributed by atoms with Crippen LogP contribution in [0.15, 0.2) is 0 Å². The van der Waals surface area contributed by atoms with E-state index in [0.29, 0.717) is 6.42 Å². The maximum absolute atomic E-state index is 10.1. The van der Waals surface area contributed by atoms with E-state index in [1.165, 1.54) is 32.1 Å². The van der Waals surface area contributed by atoms with Crippen LogP contribution in [0.4, 0.5) is 0 Å². The van der Waals surface area contributed by atoms with Crippen molar-refractivity contribution < 1.29 is 9.90 Å². The van der Waals surface area contributed by atoms with E-state index in [0.717, 1.165) is 12.8 Å². The number of carboxylic acids is 1. The van der Waals surface area contributed by atoms with E-state index in [1.54, 1.807) is 0 Å². The SMILES string of the molecule is CCCCCCCCCC(=O)O.[GaH3]. The molecule has 0 aromatic carbocycles. The summed E-state index contributed by atoms with van der Waals surface area (Å²) in [5.41, 5.74) is 0. The predicted molar refractivity (Wildman–Crippen MR) is 60.2 cm³/mol. The number of carboxylic acid groups (broad SMARTS) is 1. The molecule has 0 amide bonds. The first-order chi connectivity index (χ1) is 5.77. The van der Waals surface area contributed by atoms with E-state index in [-0.39, 0.29) is 19.8 Å². The first-order valence-electron chi connectivity index (χ1n) is 4.99. The van der Waals surface area contributed by atoms with Crippen LogP contribution in [0.25, 0.3) is 0 Å². The molecule has 13 heavy (non-hydrogen) atoms. The zero-order chi connectivity index (χ0) is 9.23. The van der Waals surface area contributed by atoms with Gasteiger partial charge in [-0.05, 0) is 6.42 Å². The Bertz CT molecular complexity index is 115. The van der Waals surface area contributed by atoms with Gasteiger partial charge < -0.3 is 5.11 Å². The molecule has 0 unspecified atom stereocenters. The number of hydrogen-bond donors (Lipinski definition) is 1. The average molecular weight is 245 g/mol. The third kappa shape index (κ3) is 14.9. The summed E-state index contributed by atoms with van der Waals surface area (Å²) in [7, 11) is 0. The van der Waals surface area contributed by atoms with Gasteiger partial charge in [0, 0.05) is 6.42 Å². The third-order valence-corrected chi connectivity index (χ3v) is 1.99. The van der Waals surface area contributed by atoms with Crippen LogP contribution in [0.3, 0.4) is 0 Å². The molecule has 0 aromatic rings. The molecule has 3 heteroatoms. The molecule has 0 aliphatic heterocycles. The van der Waals surface area contributed by atoms with E-state index >= 15 is 0 Å². The fourth-order valence-electron chi connectivity index (χ4n) is 1.23. The summed E-state index contributed by atoms with van der Waals surface area (Å²) < 4.78 is 0. The Morgan fingerprint density at radius 3 is 1.92 bits per heavy atom. The maximum atomic E-state index is 10.1. The molecule has 0 spiro atoms. The molecule has 0 fully saturated rings. The molecule has 1 N–H and O–H groups in total. The first kappa shape index (κ1) is 15.6. The molecule has 0 radical (unpaired) electrons. The number of rotatable bonds is 8. The fraction of sp³-hybridized carbons (Fsp3) is 0.900.